The van der Waals surface area contributed by atoms with Crippen LogP contribution in [-0.4, -0.2) is 38.8 Å². The van der Waals surface area contributed by atoms with Gasteiger partial charge in [0, 0.05) is 26.2 Å². The van der Waals surface area contributed by atoms with Gasteiger partial charge in [0.15, 0.2) is 5.96 Å². The van der Waals surface area contributed by atoms with Gasteiger partial charge in [0.2, 0.25) is 0 Å². The van der Waals surface area contributed by atoms with E-state index >= 15 is 0 Å². The Labute approximate surface area is 113 Å². The fraction of sp³-hybridized carbons (Fsp3) is 0.929. The Hall–Kier alpha value is -0.770. The summed E-state index contributed by atoms with van der Waals surface area (Å²) in [6.45, 7) is 11.0. The van der Waals surface area contributed by atoms with Crippen LogP contribution in [0.1, 0.15) is 47.0 Å². The molecule has 0 aromatic heterocycles. The van der Waals surface area contributed by atoms with Crippen LogP contribution in [0.15, 0.2) is 4.99 Å². The first-order chi connectivity index (χ1) is 8.60. The Morgan fingerprint density at radius 3 is 2.50 bits per heavy atom. The van der Waals surface area contributed by atoms with Gasteiger partial charge in [-0.3, -0.25) is 4.99 Å². The van der Waals surface area contributed by atoms with Gasteiger partial charge in [-0.25, -0.2) is 0 Å². The molecule has 0 amide bonds. The van der Waals surface area contributed by atoms with Crippen LogP contribution in [0.5, 0.6) is 0 Å². The van der Waals surface area contributed by atoms with Gasteiger partial charge in [-0.1, -0.05) is 26.7 Å². The molecule has 4 heteroatoms. The van der Waals surface area contributed by atoms with Crippen LogP contribution in [0.2, 0.25) is 0 Å². The monoisotopic (exact) mass is 257 g/mol. The second-order valence-electron chi connectivity index (χ2n) is 5.07. The van der Waals surface area contributed by atoms with E-state index in [1.54, 1.807) is 7.05 Å². The number of hydrogen-bond acceptors (Lipinski definition) is 2. The van der Waals surface area contributed by atoms with Crippen molar-refractivity contribution >= 4 is 5.96 Å². The van der Waals surface area contributed by atoms with Gasteiger partial charge in [0.05, 0.1) is 6.61 Å². The maximum atomic E-state index is 5.28. The maximum Gasteiger partial charge on any atom is 0.191 e. The molecule has 0 bridgehead atoms. The van der Waals surface area contributed by atoms with E-state index in [-0.39, 0.29) is 0 Å². The van der Waals surface area contributed by atoms with Crippen LogP contribution in [0, 0.1) is 5.92 Å². The van der Waals surface area contributed by atoms with Crippen molar-refractivity contribution in [1.29, 1.82) is 0 Å². The van der Waals surface area contributed by atoms with Crippen LogP contribution in [0.25, 0.3) is 0 Å². The van der Waals surface area contributed by atoms with Crippen molar-refractivity contribution in [3.63, 3.8) is 0 Å². The molecule has 0 aliphatic rings. The summed E-state index contributed by atoms with van der Waals surface area (Å²) in [6, 6.07) is 0.460. The van der Waals surface area contributed by atoms with Gasteiger partial charge in [0.1, 0.15) is 0 Å². The van der Waals surface area contributed by atoms with Gasteiger partial charge < -0.3 is 15.4 Å². The predicted octanol–water partition coefficient (Wildman–Crippen LogP) is 2.40. The molecule has 0 aromatic carbocycles. The molecule has 108 valence electrons. The Balaban J connectivity index is 3.70. The highest BCUT2D eigenvalue weighted by atomic mass is 16.5. The third-order valence-electron chi connectivity index (χ3n) is 2.77. The van der Waals surface area contributed by atoms with Crippen molar-refractivity contribution in [2.24, 2.45) is 10.9 Å². The summed E-state index contributed by atoms with van der Waals surface area (Å²) in [6.07, 6.45) is 3.74. The molecular weight excluding hydrogens is 226 g/mol. The second kappa shape index (κ2) is 11.3. The van der Waals surface area contributed by atoms with Gasteiger partial charge in [-0.05, 0) is 26.2 Å². The summed E-state index contributed by atoms with van der Waals surface area (Å²) in [5.74, 6) is 1.66. The molecule has 0 saturated carbocycles. The minimum Gasteiger partial charge on any atom is -0.380 e. The Morgan fingerprint density at radius 2 is 1.94 bits per heavy atom. The summed E-state index contributed by atoms with van der Waals surface area (Å²) in [5, 5.41) is 6.65. The van der Waals surface area contributed by atoms with E-state index in [1.807, 2.05) is 6.92 Å². The molecule has 2 N–H and O–H groups in total. The third kappa shape index (κ3) is 10.4. The zero-order valence-corrected chi connectivity index (χ0v) is 12.8. The fourth-order valence-corrected chi connectivity index (χ4v) is 1.72. The number of aliphatic imine (C=N–C) groups is 1. The number of ether oxygens (including phenoxy) is 1. The van der Waals surface area contributed by atoms with Crippen molar-refractivity contribution in [2.45, 2.75) is 53.0 Å². The number of nitrogens with zero attached hydrogens (tertiary/aromatic N) is 1. The highest BCUT2D eigenvalue weighted by Crippen LogP contribution is 2.07. The van der Waals surface area contributed by atoms with Gasteiger partial charge in [-0.15, -0.1) is 0 Å². The smallest absolute Gasteiger partial charge is 0.191 e. The van der Waals surface area contributed by atoms with Crippen LogP contribution in [-0.2, 0) is 4.74 Å². The van der Waals surface area contributed by atoms with E-state index in [1.165, 1.54) is 19.3 Å². The van der Waals surface area contributed by atoms with Crippen molar-refractivity contribution in [2.75, 3.05) is 26.8 Å². The molecule has 0 aliphatic carbocycles. The highest BCUT2D eigenvalue weighted by molar-refractivity contribution is 5.79. The third-order valence-corrected chi connectivity index (χ3v) is 2.77. The van der Waals surface area contributed by atoms with Gasteiger partial charge in [0.25, 0.3) is 0 Å². The SMILES string of the molecule is CCOCCNC(=NC)NC(C)CCCC(C)C. The van der Waals surface area contributed by atoms with E-state index < -0.39 is 0 Å². The average molecular weight is 257 g/mol. The average Bonchev–Trinajstić information content (AvgIpc) is 2.32. The summed E-state index contributed by atoms with van der Waals surface area (Å²) in [5.41, 5.74) is 0. The van der Waals surface area contributed by atoms with Crippen LogP contribution in [0.3, 0.4) is 0 Å². The van der Waals surface area contributed by atoms with Crippen LogP contribution < -0.4 is 10.6 Å². The maximum absolute atomic E-state index is 5.28. The molecule has 0 spiro atoms. The number of hydrogen-bond donors (Lipinski definition) is 2. The van der Waals surface area contributed by atoms with Crippen molar-refractivity contribution in [3.05, 3.63) is 0 Å². The molecule has 0 fully saturated rings. The standard InChI is InChI=1S/C14H31N3O/c1-6-18-11-10-16-14(15-5)17-13(4)9-7-8-12(2)3/h12-13H,6-11H2,1-5H3,(H2,15,16,17). The molecule has 0 aromatic rings. The minimum atomic E-state index is 0.460. The fourth-order valence-electron chi connectivity index (χ4n) is 1.72. The lowest BCUT2D eigenvalue weighted by atomic mass is 10.0. The number of nitrogens with one attached hydrogen (secondary N) is 2. The van der Waals surface area contributed by atoms with Crippen LogP contribution in [0.4, 0.5) is 0 Å². The highest BCUT2D eigenvalue weighted by Gasteiger charge is 2.05. The molecule has 0 aliphatic heterocycles. The van der Waals surface area contributed by atoms with Gasteiger partial charge in [-0.2, -0.15) is 0 Å². The zero-order chi connectivity index (χ0) is 13.8. The first kappa shape index (κ1) is 17.2. The lowest BCUT2D eigenvalue weighted by Crippen LogP contribution is -2.43. The molecule has 1 atom stereocenters. The lowest BCUT2D eigenvalue weighted by Gasteiger charge is -2.18. The molecule has 18 heavy (non-hydrogen) atoms. The first-order valence-corrected chi connectivity index (χ1v) is 7.15. The molecule has 0 rings (SSSR count). The van der Waals surface area contributed by atoms with E-state index in [0.29, 0.717) is 6.04 Å². The Bertz CT molecular complexity index is 217. The summed E-state index contributed by atoms with van der Waals surface area (Å²) in [4.78, 5) is 4.21. The Morgan fingerprint density at radius 1 is 1.22 bits per heavy atom. The van der Waals surface area contributed by atoms with E-state index in [0.717, 1.165) is 31.6 Å². The van der Waals surface area contributed by atoms with Gasteiger partial charge >= 0.3 is 0 Å². The Kier molecular flexibility index (Phi) is 10.8. The molecule has 1 unspecified atom stereocenters. The molecular formula is C14H31N3O. The number of guanidine groups is 1. The largest absolute Gasteiger partial charge is 0.380 e. The van der Waals surface area contributed by atoms with Crippen LogP contribution >= 0.6 is 0 Å². The van der Waals surface area contributed by atoms with Crippen molar-refractivity contribution in [3.8, 4) is 0 Å². The zero-order valence-electron chi connectivity index (χ0n) is 12.8. The molecule has 0 heterocycles. The normalized spacial score (nSPS) is 13.8. The quantitative estimate of drug-likeness (QED) is 0.379. The molecule has 0 saturated heterocycles. The van der Waals surface area contributed by atoms with E-state index in [9.17, 15) is 0 Å². The predicted molar refractivity (Wildman–Crippen MR) is 79.1 cm³/mol. The van der Waals surface area contributed by atoms with E-state index in [2.05, 4.69) is 36.4 Å². The number of rotatable bonds is 9. The minimum absolute atomic E-state index is 0.460. The topological polar surface area (TPSA) is 45.6 Å². The first-order valence-electron chi connectivity index (χ1n) is 7.15. The summed E-state index contributed by atoms with van der Waals surface area (Å²) in [7, 11) is 1.80. The summed E-state index contributed by atoms with van der Waals surface area (Å²) < 4.78 is 5.28. The molecule has 4 nitrogen and oxygen atoms in total. The molecule has 0 radical (unpaired) electrons. The van der Waals surface area contributed by atoms with Crippen molar-refractivity contribution in [1.82, 2.24) is 10.6 Å². The lowest BCUT2D eigenvalue weighted by molar-refractivity contribution is 0.152. The van der Waals surface area contributed by atoms with Crippen molar-refractivity contribution < 1.29 is 4.74 Å². The van der Waals surface area contributed by atoms with E-state index in [4.69, 9.17) is 4.74 Å². The summed E-state index contributed by atoms with van der Waals surface area (Å²) >= 11 is 0. The second-order valence-corrected chi connectivity index (χ2v) is 5.07.